The molecule has 1 saturated carbocycles. The molecule has 0 spiro atoms. The Balaban J connectivity index is 1.96. The van der Waals surface area contributed by atoms with E-state index in [-0.39, 0.29) is 11.2 Å². The summed E-state index contributed by atoms with van der Waals surface area (Å²) in [5.41, 5.74) is 0. The number of carbonyl (C=O) groups excluding carboxylic acids is 1. The van der Waals surface area contributed by atoms with Crippen LogP contribution in [-0.4, -0.2) is 25.4 Å². The summed E-state index contributed by atoms with van der Waals surface area (Å²) in [5.74, 6) is 1.16. The maximum atomic E-state index is 11.0. The molecule has 1 fully saturated rings. The summed E-state index contributed by atoms with van der Waals surface area (Å²) in [5, 5.41) is 11.8. The second-order valence-corrected chi connectivity index (χ2v) is 4.36. The van der Waals surface area contributed by atoms with Gasteiger partial charge in [0.2, 0.25) is 5.24 Å². The van der Waals surface area contributed by atoms with Gasteiger partial charge in [-0.15, -0.1) is 10.2 Å². The maximum Gasteiger partial charge on any atom is 0.224 e. The molecule has 0 bridgehead atoms. The van der Waals surface area contributed by atoms with Gasteiger partial charge < -0.3 is 0 Å². The van der Waals surface area contributed by atoms with E-state index in [0.29, 0.717) is 5.92 Å². The first-order valence-electron chi connectivity index (χ1n) is 5.10. The fourth-order valence-electron chi connectivity index (χ4n) is 2.04. The molecule has 0 aromatic carbocycles. The molecule has 1 aliphatic carbocycles. The van der Waals surface area contributed by atoms with Gasteiger partial charge in [-0.05, 0) is 42.5 Å². The van der Waals surface area contributed by atoms with E-state index in [9.17, 15) is 4.79 Å². The molecule has 0 N–H and O–H groups in total. The first kappa shape index (κ1) is 10.5. The largest absolute Gasteiger partial charge is 0.281 e. The first-order chi connectivity index (χ1) is 7.16. The molecular weight excluding hydrogens is 216 g/mol. The van der Waals surface area contributed by atoms with Crippen LogP contribution in [0.4, 0.5) is 0 Å². The molecule has 1 aliphatic rings. The van der Waals surface area contributed by atoms with E-state index in [1.807, 2.05) is 0 Å². The summed E-state index contributed by atoms with van der Waals surface area (Å²) in [4.78, 5) is 12.4. The van der Waals surface area contributed by atoms with Gasteiger partial charge in [0, 0.05) is 11.8 Å². The number of rotatable bonds is 2. The van der Waals surface area contributed by atoms with Crippen LogP contribution >= 0.6 is 11.6 Å². The highest BCUT2D eigenvalue weighted by molar-refractivity contribution is 6.63. The zero-order valence-corrected chi connectivity index (χ0v) is 9.31. The van der Waals surface area contributed by atoms with Gasteiger partial charge in [0.1, 0.15) is 0 Å². The summed E-state index contributed by atoms with van der Waals surface area (Å²) in [6.45, 7) is 0. The summed E-state index contributed by atoms with van der Waals surface area (Å²) < 4.78 is 0. The zero-order valence-electron chi connectivity index (χ0n) is 8.56. The predicted molar refractivity (Wildman–Crippen MR) is 54.4 cm³/mol. The van der Waals surface area contributed by atoms with Crippen molar-refractivity contribution in [2.24, 2.45) is 13.0 Å². The highest BCUT2D eigenvalue weighted by Gasteiger charge is 2.28. The van der Waals surface area contributed by atoms with Crippen molar-refractivity contribution in [3.63, 3.8) is 0 Å². The Morgan fingerprint density at radius 3 is 2.53 bits per heavy atom. The third-order valence-electron chi connectivity index (χ3n) is 2.94. The molecule has 0 saturated heterocycles. The lowest BCUT2D eigenvalue weighted by atomic mass is 9.82. The molecule has 0 radical (unpaired) electrons. The standard InChI is InChI=1S/C9H13ClN4O/c1-14-12-9(11-13-14)7-4-2-6(3-5-7)8(10)15/h6-7H,2-5H2,1H3. The van der Waals surface area contributed by atoms with E-state index in [0.717, 1.165) is 31.5 Å². The third-order valence-corrected chi connectivity index (χ3v) is 3.25. The maximum absolute atomic E-state index is 11.0. The lowest BCUT2D eigenvalue weighted by Crippen LogP contribution is -2.18. The van der Waals surface area contributed by atoms with Crippen molar-refractivity contribution < 1.29 is 4.79 Å². The van der Waals surface area contributed by atoms with Gasteiger partial charge in [-0.1, -0.05) is 0 Å². The van der Waals surface area contributed by atoms with Crippen LogP contribution in [0.3, 0.4) is 0 Å². The average Bonchev–Trinajstić information content (AvgIpc) is 2.65. The van der Waals surface area contributed by atoms with Crippen molar-refractivity contribution in [3.8, 4) is 0 Å². The van der Waals surface area contributed by atoms with Crippen LogP contribution in [0.2, 0.25) is 0 Å². The van der Waals surface area contributed by atoms with Gasteiger partial charge in [0.05, 0.1) is 7.05 Å². The molecule has 2 rings (SSSR count). The summed E-state index contributed by atoms with van der Waals surface area (Å²) >= 11 is 5.47. The monoisotopic (exact) mass is 228 g/mol. The van der Waals surface area contributed by atoms with Crippen LogP contribution in [-0.2, 0) is 11.8 Å². The Bertz CT molecular complexity index is 357. The fraction of sp³-hybridized carbons (Fsp3) is 0.778. The molecule has 82 valence electrons. The topological polar surface area (TPSA) is 60.7 Å². The second kappa shape index (κ2) is 4.26. The Morgan fingerprint density at radius 1 is 1.40 bits per heavy atom. The SMILES string of the molecule is Cn1nnc(C2CCC(C(=O)Cl)CC2)n1. The number of hydrogen-bond donors (Lipinski definition) is 0. The minimum absolute atomic E-state index is 0.0274. The summed E-state index contributed by atoms with van der Waals surface area (Å²) in [7, 11) is 1.75. The summed E-state index contributed by atoms with van der Waals surface area (Å²) in [6, 6.07) is 0. The number of aromatic nitrogens is 4. The molecule has 6 heteroatoms. The Kier molecular flexibility index (Phi) is 3.00. The Labute approximate surface area is 92.8 Å². The van der Waals surface area contributed by atoms with Crippen LogP contribution in [0, 0.1) is 5.92 Å². The number of halogens is 1. The smallest absolute Gasteiger partial charge is 0.224 e. The molecule has 0 amide bonds. The minimum atomic E-state index is -0.208. The molecule has 15 heavy (non-hydrogen) atoms. The van der Waals surface area contributed by atoms with E-state index in [1.165, 1.54) is 4.80 Å². The van der Waals surface area contributed by atoms with Crippen molar-refractivity contribution in [2.75, 3.05) is 0 Å². The Morgan fingerprint density at radius 2 is 2.07 bits per heavy atom. The molecule has 5 nitrogen and oxygen atoms in total. The van der Waals surface area contributed by atoms with Crippen LogP contribution in [0.1, 0.15) is 37.4 Å². The van der Waals surface area contributed by atoms with Gasteiger partial charge in [0.25, 0.3) is 0 Å². The number of nitrogens with zero attached hydrogens (tertiary/aromatic N) is 4. The number of hydrogen-bond acceptors (Lipinski definition) is 4. The minimum Gasteiger partial charge on any atom is -0.281 e. The van der Waals surface area contributed by atoms with Gasteiger partial charge in [-0.25, -0.2) is 0 Å². The summed E-state index contributed by atoms with van der Waals surface area (Å²) in [6.07, 6.45) is 3.53. The van der Waals surface area contributed by atoms with Crippen LogP contribution < -0.4 is 0 Å². The molecule has 0 atom stereocenters. The Hall–Kier alpha value is -0.970. The van der Waals surface area contributed by atoms with E-state index in [2.05, 4.69) is 15.4 Å². The average molecular weight is 229 g/mol. The van der Waals surface area contributed by atoms with E-state index >= 15 is 0 Å². The predicted octanol–water partition coefficient (Wildman–Crippen LogP) is 1.25. The molecule has 1 aromatic rings. The molecule has 0 unspecified atom stereocenters. The van der Waals surface area contributed by atoms with Crippen LogP contribution in [0.5, 0.6) is 0 Å². The van der Waals surface area contributed by atoms with Crippen molar-refractivity contribution in [2.45, 2.75) is 31.6 Å². The highest BCUT2D eigenvalue weighted by atomic mass is 35.5. The molecule has 0 aliphatic heterocycles. The highest BCUT2D eigenvalue weighted by Crippen LogP contribution is 2.34. The molecular formula is C9H13ClN4O. The van der Waals surface area contributed by atoms with Crippen molar-refractivity contribution >= 4 is 16.8 Å². The number of tetrazole rings is 1. The van der Waals surface area contributed by atoms with Crippen molar-refractivity contribution in [1.29, 1.82) is 0 Å². The second-order valence-electron chi connectivity index (χ2n) is 3.99. The van der Waals surface area contributed by atoms with E-state index < -0.39 is 0 Å². The third kappa shape index (κ3) is 2.34. The zero-order chi connectivity index (χ0) is 10.8. The quantitative estimate of drug-likeness (QED) is 0.715. The number of carbonyl (C=O) groups is 1. The van der Waals surface area contributed by atoms with Crippen molar-refractivity contribution in [3.05, 3.63) is 5.82 Å². The van der Waals surface area contributed by atoms with Crippen LogP contribution in [0.25, 0.3) is 0 Å². The lowest BCUT2D eigenvalue weighted by Gasteiger charge is -2.23. The van der Waals surface area contributed by atoms with Crippen molar-refractivity contribution in [1.82, 2.24) is 20.2 Å². The van der Waals surface area contributed by atoms with Gasteiger partial charge in [0.15, 0.2) is 5.82 Å². The normalized spacial score (nSPS) is 26.5. The van der Waals surface area contributed by atoms with Gasteiger partial charge in [-0.2, -0.15) is 4.80 Å². The van der Waals surface area contributed by atoms with Gasteiger partial charge >= 0.3 is 0 Å². The van der Waals surface area contributed by atoms with Gasteiger partial charge in [-0.3, -0.25) is 4.79 Å². The number of aryl methyl sites for hydroxylation is 1. The molecule has 1 aromatic heterocycles. The van der Waals surface area contributed by atoms with E-state index in [1.54, 1.807) is 7.05 Å². The first-order valence-corrected chi connectivity index (χ1v) is 5.48. The molecule has 1 heterocycles. The fourth-order valence-corrected chi connectivity index (χ4v) is 2.26. The lowest BCUT2D eigenvalue weighted by molar-refractivity contribution is -0.116. The van der Waals surface area contributed by atoms with E-state index in [4.69, 9.17) is 11.6 Å². The van der Waals surface area contributed by atoms with Crippen LogP contribution in [0.15, 0.2) is 0 Å².